The van der Waals surface area contributed by atoms with Crippen LogP contribution < -0.4 is 4.74 Å². The third kappa shape index (κ3) is 4.12. The summed E-state index contributed by atoms with van der Waals surface area (Å²) < 4.78 is 21.4. The number of pyridine rings is 1. The Bertz CT molecular complexity index is 1170. The molecule has 1 aliphatic heterocycles. The molecular weight excluding hydrogens is 405 g/mol. The average Bonchev–Trinajstić information content (AvgIpc) is 3.62. The molecule has 0 spiro atoms. The van der Waals surface area contributed by atoms with Crippen molar-refractivity contribution in [1.29, 1.82) is 0 Å². The van der Waals surface area contributed by atoms with Gasteiger partial charge in [0.25, 0.3) is 0 Å². The smallest absolute Gasteiger partial charge is 0.303 e. The summed E-state index contributed by atoms with van der Waals surface area (Å²) in [6, 6.07) is 13.3. The number of hydrogen-bond acceptors (Lipinski definition) is 3. The van der Waals surface area contributed by atoms with E-state index in [0.29, 0.717) is 17.9 Å². The third-order valence-electron chi connectivity index (χ3n) is 6.73. The number of halogens is 1. The molecule has 1 aliphatic carbocycles. The van der Waals surface area contributed by atoms with Crippen molar-refractivity contribution in [2.45, 2.75) is 51.0 Å². The average molecular weight is 432 g/mol. The van der Waals surface area contributed by atoms with Crippen molar-refractivity contribution in [1.82, 2.24) is 4.98 Å². The quantitative estimate of drug-likeness (QED) is 0.503. The van der Waals surface area contributed by atoms with E-state index in [1.807, 2.05) is 43.3 Å². The van der Waals surface area contributed by atoms with Crippen molar-refractivity contribution in [3.8, 4) is 16.9 Å². The molecule has 1 saturated carbocycles. The normalized spacial score (nSPS) is 18.5. The molecule has 32 heavy (non-hydrogen) atoms. The van der Waals surface area contributed by atoms with Crippen molar-refractivity contribution >= 4 is 5.97 Å². The summed E-state index contributed by atoms with van der Waals surface area (Å²) in [6.45, 7) is 1.96. The Kier molecular flexibility index (Phi) is 5.41. The van der Waals surface area contributed by atoms with Gasteiger partial charge in [0.1, 0.15) is 17.7 Å². The van der Waals surface area contributed by atoms with Gasteiger partial charge in [-0.3, -0.25) is 9.78 Å². The zero-order valence-corrected chi connectivity index (χ0v) is 18.1. The summed E-state index contributed by atoms with van der Waals surface area (Å²) >= 11 is 0. The summed E-state index contributed by atoms with van der Waals surface area (Å²) in [7, 11) is 0. The highest BCUT2D eigenvalue weighted by atomic mass is 19.1. The molecule has 5 rings (SSSR count). The fourth-order valence-corrected chi connectivity index (χ4v) is 4.83. The van der Waals surface area contributed by atoms with E-state index in [4.69, 9.17) is 4.74 Å². The number of aliphatic carboxylic acids is 1. The second kappa shape index (κ2) is 8.38. The number of rotatable bonds is 6. The van der Waals surface area contributed by atoms with Crippen LogP contribution in [0, 0.1) is 18.7 Å². The molecule has 5 heteroatoms. The van der Waals surface area contributed by atoms with Crippen LogP contribution >= 0.6 is 0 Å². The lowest BCUT2D eigenvalue weighted by Gasteiger charge is -2.28. The highest BCUT2D eigenvalue weighted by molar-refractivity contribution is 5.68. The summed E-state index contributed by atoms with van der Waals surface area (Å²) in [5.41, 5.74) is 5.46. The number of ether oxygens (including phenoxy) is 1. The van der Waals surface area contributed by atoms with Crippen LogP contribution in [0.4, 0.5) is 4.39 Å². The van der Waals surface area contributed by atoms with Crippen molar-refractivity contribution in [3.05, 3.63) is 82.9 Å². The van der Waals surface area contributed by atoms with Crippen molar-refractivity contribution in [2.75, 3.05) is 0 Å². The highest BCUT2D eigenvalue weighted by Crippen LogP contribution is 2.46. The molecule has 2 aromatic carbocycles. The minimum absolute atomic E-state index is 0.0152. The number of aryl methyl sites for hydroxylation is 2. The Morgan fingerprint density at radius 3 is 2.75 bits per heavy atom. The first-order valence-corrected chi connectivity index (χ1v) is 11.2. The fraction of sp³-hybridized carbons (Fsp3) is 0.333. The van der Waals surface area contributed by atoms with Crippen LogP contribution in [0.2, 0.25) is 0 Å². The zero-order chi connectivity index (χ0) is 22.2. The molecular formula is C27H26FNO3. The Balaban J connectivity index is 1.40. The molecule has 0 amide bonds. The first-order chi connectivity index (χ1) is 15.5. The van der Waals surface area contributed by atoms with E-state index in [0.717, 1.165) is 52.8 Å². The van der Waals surface area contributed by atoms with Gasteiger partial charge < -0.3 is 9.84 Å². The van der Waals surface area contributed by atoms with E-state index in [1.165, 1.54) is 0 Å². The van der Waals surface area contributed by atoms with E-state index < -0.39 is 5.97 Å². The maximum Gasteiger partial charge on any atom is 0.303 e. The van der Waals surface area contributed by atoms with Crippen LogP contribution in [-0.2, 0) is 11.2 Å². The van der Waals surface area contributed by atoms with Gasteiger partial charge in [-0.25, -0.2) is 4.39 Å². The zero-order valence-electron chi connectivity index (χ0n) is 18.1. The Labute approximate surface area is 187 Å². The molecule has 0 bridgehead atoms. The molecule has 2 aliphatic rings. The predicted octanol–water partition coefficient (Wildman–Crippen LogP) is 6.23. The number of carboxylic acids is 1. The summed E-state index contributed by atoms with van der Waals surface area (Å²) in [5, 5.41) is 9.33. The largest absolute Gasteiger partial charge is 0.485 e. The Morgan fingerprint density at radius 2 is 2.03 bits per heavy atom. The SMILES string of the molecule is Cc1cnccc1-c1ccc(C2CCc3ccc([C@@H](CC(=O)O)C4CC4)cc3O2)c(F)c1. The van der Waals surface area contributed by atoms with Gasteiger partial charge in [0, 0.05) is 18.0 Å². The topological polar surface area (TPSA) is 59.4 Å². The number of nitrogens with zero attached hydrogens (tertiary/aromatic N) is 1. The number of hydrogen-bond donors (Lipinski definition) is 1. The summed E-state index contributed by atoms with van der Waals surface area (Å²) in [5.74, 6) is 0.157. The number of carboxylic acid groups (broad SMARTS) is 1. The minimum atomic E-state index is -0.773. The maximum absolute atomic E-state index is 15.1. The lowest BCUT2D eigenvalue weighted by atomic mass is 9.88. The van der Waals surface area contributed by atoms with Crippen LogP contribution in [0.1, 0.15) is 60.0 Å². The predicted molar refractivity (Wildman–Crippen MR) is 120 cm³/mol. The molecule has 1 N–H and O–H groups in total. The van der Waals surface area contributed by atoms with Gasteiger partial charge in [-0.2, -0.15) is 0 Å². The lowest BCUT2D eigenvalue weighted by Crippen LogP contribution is -2.17. The van der Waals surface area contributed by atoms with Gasteiger partial charge in [-0.1, -0.05) is 24.3 Å². The van der Waals surface area contributed by atoms with Crippen LogP contribution in [0.15, 0.2) is 54.9 Å². The molecule has 1 fully saturated rings. The van der Waals surface area contributed by atoms with Gasteiger partial charge in [0.2, 0.25) is 0 Å². The lowest BCUT2D eigenvalue weighted by molar-refractivity contribution is -0.137. The number of aromatic nitrogens is 1. The number of carbonyl (C=O) groups is 1. The second-order valence-corrected chi connectivity index (χ2v) is 8.98. The third-order valence-corrected chi connectivity index (χ3v) is 6.73. The molecule has 4 nitrogen and oxygen atoms in total. The van der Waals surface area contributed by atoms with Crippen molar-refractivity contribution in [3.63, 3.8) is 0 Å². The van der Waals surface area contributed by atoms with Gasteiger partial charge in [0.15, 0.2) is 0 Å². The second-order valence-electron chi connectivity index (χ2n) is 8.98. The van der Waals surface area contributed by atoms with Crippen LogP contribution in [0.5, 0.6) is 5.75 Å². The van der Waals surface area contributed by atoms with E-state index in [1.54, 1.807) is 18.5 Å². The molecule has 1 aromatic heterocycles. The first-order valence-electron chi connectivity index (χ1n) is 11.2. The van der Waals surface area contributed by atoms with Gasteiger partial charge >= 0.3 is 5.97 Å². The molecule has 0 saturated heterocycles. The van der Waals surface area contributed by atoms with Gasteiger partial charge in [0.05, 0.1) is 6.42 Å². The van der Waals surface area contributed by atoms with Crippen molar-refractivity contribution in [2.24, 2.45) is 5.92 Å². The standard InChI is InChI=1S/C27H26FNO3/c1-16-15-29-11-10-21(16)19-6-8-22(24(28)12-19)25-9-7-18-4-5-20(13-26(18)32-25)23(14-27(30)31)17-2-3-17/h4-6,8,10-13,15,17,23,25H,2-3,7,9,14H2,1H3,(H,30,31)/t23-,25?/m0/s1. The molecule has 2 heterocycles. The molecule has 1 unspecified atom stereocenters. The van der Waals surface area contributed by atoms with Crippen LogP contribution in [-0.4, -0.2) is 16.1 Å². The molecule has 0 radical (unpaired) electrons. The first kappa shape index (κ1) is 20.7. The highest BCUT2D eigenvalue weighted by Gasteiger charge is 2.34. The maximum atomic E-state index is 15.1. The van der Waals surface area contributed by atoms with E-state index >= 15 is 4.39 Å². The summed E-state index contributed by atoms with van der Waals surface area (Å²) in [6.07, 6.45) is 6.93. The molecule has 164 valence electrons. The Morgan fingerprint density at radius 1 is 1.19 bits per heavy atom. The van der Waals surface area contributed by atoms with E-state index in [9.17, 15) is 9.90 Å². The molecule has 2 atom stereocenters. The van der Waals surface area contributed by atoms with E-state index in [-0.39, 0.29) is 24.3 Å². The summed E-state index contributed by atoms with van der Waals surface area (Å²) in [4.78, 5) is 15.5. The van der Waals surface area contributed by atoms with Crippen molar-refractivity contribution < 1.29 is 19.0 Å². The molecule has 3 aromatic rings. The minimum Gasteiger partial charge on any atom is -0.485 e. The van der Waals surface area contributed by atoms with Gasteiger partial charge in [-0.15, -0.1) is 0 Å². The van der Waals surface area contributed by atoms with E-state index in [2.05, 4.69) is 4.98 Å². The van der Waals surface area contributed by atoms with Crippen LogP contribution in [0.3, 0.4) is 0 Å². The number of benzene rings is 2. The fourth-order valence-electron chi connectivity index (χ4n) is 4.83. The van der Waals surface area contributed by atoms with Crippen LogP contribution in [0.25, 0.3) is 11.1 Å². The monoisotopic (exact) mass is 431 g/mol. The van der Waals surface area contributed by atoms with Gasteiger partial charge in [-0.05, 0) is 90.5 Å². The Hall–Kier alpha value is -3.21. The number of fused-ring (bicyclic) bond motifs is 1.